The first-order valence-corrected chi connectivity index (χ1v) is 6.31. The topological polar surface area (TPSA) is 63.5 Å². The van der Waals surface area contributed by atoms with Crippen molar-refractivity contribution in [2.75, 3.05) is 26.4 Å². The summed E-state index contributed by atoms with van der Waals surface area (Å²) in [6.07, 6.45) is 0.678. The molecule has 1 heterocycles. The Kier molecular flexibility index (Phi) is 6.49. The molecule has 1 aromatic heterocycles. The Balaban J connectivity index is 2.34. The summed E-state index contributed by atoms with van der Waals surface area (Å²) in [5.74, 6) is -0.228. The van der Waals surface area contributed by atoms with Crippen LogP contribution in [0.1, 0.15) is 16.9 Å². The van der Waals surface area contributed by atoms with E-state index in [2.05, 4.69) is 5.32 Å². The number of hydrogen-bond acceptors (Lipinski definition) is 3. The summed E-state index contributed by atoms with van der Waals surface area (Å²) in [4.78, 5) is 11.8. The zero-order valence-electron chi connectivity index (χ0n) is 10.1. The van der Waals surface area contributed by atoms with Crippen molar-refractivity contribution in [3.05, 3.63) is 21.9 Å². The predicted molar refractivity (Wildman–Crippen MR) is 70.3 cm³/mol. The summed E-state index contributed by atoms with van der Waals surface area (Å²) in [5, 5.41) is 11.9. The monoisotopic (exact) mass is 294 g/mol. The largest absolute Gasteiger partial charge is 0.394 e. The Bertz CT molecular complexity index is 407. The average Bonchev–Trinajstić information content (AvgIpc) is 2.61. The number of aliphatic hydroxyl groups excluding tert-OH is 1. The van der Waals surface area contributed by atoms with E-state index in [1.807, 2.05) is 0 Å². The van der Waals surface area contributed by atoms with Crippen molar-refractivity contribution in [3.63, 3.8) is 0 Å². The van der Waals surface area contributed by atoms with Crippen LogP contribution in [0.5, 0.6) is 0 Å². The molecule has 0 unspecified atom stereocenters. The summed E-state index contributed by atoms with van der Waals surface area (Å²) >= 11 is 11.7. The highest BCUT2D eigenvalue weighted by atomic mass is 35.5. The zero-order valence-corrected chi connectivity index (χ0v) is 11.6. The lowest BCUT2D eigenvalue weighted by molar-refractivity contribution is 0.0864. The molecule has 18 heavy (non-hydrogen) atoms. The number of halogens is 2. The molecular weight excluding hydrogens is 279 g/mol. The number of amides is 1. The predicted octanol–water partition coefficient (Wildman–Crippen LogP) is 1.46. The third-order valence-electron chi connectivity index (χ3n) is 2.34. The molecule has 0 atom stereocenters. The van der Waals surface area contributed by atoms with Gasteiger partial charge in [-0.1, -0.05) is 23.2 Å². The third kappa shape index (κ3) is 4.17. The van der Waals surface area contributed by atoms with Gasteiger partial charge in [0.25, 0.3) is 5.91 Å². The van der Waals surface area contributed by atoms with Crippen LogP contribution in [0.25, 0.3) is 0 Å². The van der Waals surface area contributed by atoms with Gasteiger partial charge < -0.3 is 19.7 Å². The first-order chi connectivity index (χ1) is 8.57. The van der Waals surface area contributed by atoms with E-state index in [1.165, 1.54) is 10.6 Å². The molecule has 0 aliphatic rings. The normalized spacial score (nSPS) is 10.7. The van der Waals surface area contributed by atoms with Crippen LogP contribution in [-0.2, 0) is 11.8 Å². The molecule has 0 bridgehead atoms. The van der Waals surface area contributed by atoms with Gasteiger partial charge in [0.1, 0.15) is 10.8 Å². The molecule has 0 aromatic carbocycles. The van der Waals surface area contributed by atoms with E-state index in [0.29, 0.717) is 42.0 Å². The van der Waals surface area contributed by atoms with Gasteiger partial charge in [-0.15, -0.1) is 0 Å². The molecule has 1 amide bonds. The highest BCUT2D eigenvalue weighted by molar-refractivity contribution is 6.41. The lowest BCUT2D eigenvalue weighted by Crippen LogP contribution is -2.27. The van der Waals surface area contributed by atoms with Crippen LogP contribution < -0.4 is 5.32 Å². The second-order valence-corrected chi connectivity index (χ2v) is 4.44. The molecule has 0 fully saturated rings. The van der Waals surface area contributed by atoms with Gasteiger partial charge in [-0.2, -0.15) is 0 Å². The van der Waals surface area contributed by atoms with Crippen molar-refractivity contribution in [2.45, 2.75) is 6.42 Å². The van der Waals surface area contributed by atoms with Gasteiger partial charge >= 0.3 is 0 Å². The van der Waals surface area contributed by atoms with Crippen LogP contribution in [0.3, 0.4) is 0 Å². The van der Waals surface area contributed by atoms with Gasteiger partial charge in [-0.3, -0.25) is 4.79 Å². The van der Waals surface area contributed by atoms with Gasteiger partial charge in [0, 0.05) is 20.2 Å². The zero-order chi connectivity index (χ0) is 13.5. The number of aliphatic hydroxyl groups is 1. The van der Waals surface area contributed by atoms with E-state index in [-0.39, 0.29) is 12.5 Å². The van der Waals surface area contributed by atoms with E-state index >= 15 is 0 Å². The van der Waals surface area contributed by atoms with Gasteiger partial charge in [0.2, 0.25) is 0 Å². The lowest BCUT2D eigenvalue weighted by atomic mass is 10.3. The third-order valence-corrected chi connectivity index (χ3v) is 3.18. The SMILES string of the molecule is Cn1c(C(=O)NCCCOCCO)cc(Cl)c1Cl. The molecule has 2 N–H and O–H groups in total. The van der Waals surface area contributed by atoms with Gasteiger partial charge in [-0.05, 0) is 12.5 Å². The van der Waals surface area contributed by atoms with E-state index in [0.717, 1.165) is 0 Å². The van der Waals surface area contributed by atoms with Crippen LogP contribution in [-0.4, -0.2) is 41.9 Å². The fourth-order valence-corrected chi connectivity index (χ4v) is 1.77. The maximum atomic E-state index is 11.8. The van der Waals surface area contributed by atoms with Crippen molar-refractivity contribution in [3.8, 4) is 0 Å². The fourth-order valence-electron chi connectivity index (χ4n) is 1.39. The maximum absolute atomic E-state index is 11.8. The highest BCUT2D eigenvalue weighted by Crippen LogP contribution is 2.24. The molecule has 1 aromatic rings. The number of ether oxygens (including phenoxy) is 1. The lowest BCUT2D eigenvalue weighted by Gasteiger charge is -2.06. The minimum absolute atomic E-state index is 0.00665. The Morgan fingerprint density at radius 3 is 2.78 bits per heavy atom. The van der Waals surface area contributed by atoms with Gasteiger partial charge in [-0.25, -0.2) is 0 Å². The maximum Gasteiger partial charge on any atom is 0.267 e. The molecule has 7 heteroatoms. The van der Waals surface area contributed by atoms with Crippen LogP contribution in [0.4, 0.5) is 0 Å². The van der Waals surface area contributed by atoms with Crippen molar-refractivity contribution in [2.24, 2.45) is 7.05 Å². The number of nitrogens with zero attached hydrogens (tertiary/aromatic N) is 1. The summed E-state index contributed by atoms with van der Waals surface area (Å²) in [5.41, 5.74) is 0.418. The Hall–Kier alpha value is -0.750. The van der Waals surface area contributed by atoms with Crippen molar-refractivity contribution in [1.82, 2.24) is 9.88 Å². The summed E-state index contributed by atoms with van der Waals surface area (Å²) in [7, 11) is 1.67. The van der Waals surface area contributed by atoms with E-state index < -0.39 is 0 Å². The molecule has 0 radical (unpaired) electrons. The number of carbonyl (C=O) groups is 1. The first kappa shape index (κ1) is 15.3. The van der Waals surface area contributed by atoms with Crippen LogP contribution in [0.15, 0.2) is 6.07 Å². The summed E-state index contributed by atoms with van der Waals surface area (Å²) in [6.45, 7) is 1.31. The Labute approximate surface area is 116 Å². The smallest absolute Gasteiger partial charge is 0.267 e. The molecule has 102 valence electrons. The van der Waals surface area contributed by atoms with E-state index in [4.69, 9.17) is 33.0 Å². The molecule has 0 spiro atoms. The van der Waals surface area contributed by atoms with Gasteiger partial charge in [0.05, 0.1) is 18.2 Å². The van der Waals surface area contributed by atoms with Crippen LogP contribution in [0.2, 0.25) is 10.2 Å². The van der Waals surface area contributed by atoms with E-state index in [1.54, 1.807) is 7.05 Å². The molecule has 1 rings (SSSR count). The first-order valence-electron chi connectivity index (χ1n) is 5.55. The average molecular weight is 295 g/mol. The molecule has 0 saturated heterocycles. The summed E-state index contributed by atoms with van der Waals surface area (Å²) < 4.78 is 6.60. The number of hydrogen-bond donors (Lipinski definition) is 2. The Morgan fingerprint density at radius 1 is 1.50 bits per heavy atom. The van der Waals surface area contributed by atoms with Crippen LogP contribution in [0, 0.1) is 0 Å². The molecule has 0 aliphatic carbocycles. The number of nitrogens with one attached hydrogen (secondary N) is 1. The molecular formula is C11H16Cl2N2O3. The van der Waals surface area contributed by atoms with Crippen molar-refractivity contribution in [1.29, 1.82) is 0 Å². The number of rotatable bonds is 7. The summed E-state index contributed by atoms with van der Waals surface area (Å²) in [6, 6.07) is 1.53. The van der Waals surface area contributed by atoms with E-state index in [9.17, 15) is 4.79 Å². The minimum atomic E-state index is -0.228. The molecule has 0 aliphatic heterocycles. The van der Waals surface area contributed by atoms with Crippen LogP contribution >= 0.6 is 23.2 Å². The second kappa shape index (κ2) is 7.63. The number of carbonyl (C=O) groups excluding carboxylic acids is 1. The minimum Gasteiger partial charge on any atom is -0.394 e. The Morgan fingerprint density at radius 2 is 2.22 bits per heavy atom. The van der Waals surface area contributed by atoms with Gasteiger partial charge in [0.15, 0.2) is 0 Å². The number of aromatic nitrogens is 1. The quantitative estimate of drug-likeness (QED) is 0.749. The second-order valence-electron chi connectivity index (χ2n) is 3.67. The fraction of sp³-hybridized carbons (Fsp3) is 0.545. The molecule has 5 nitrogen and oxygen atoms in total. The van der Waals surface area contributed by atoms with Crippen molar-refractivity contribution >= 4 is 29.1 Å². The standard InChI is InChI=1S/C11H16Cl2N2O3/c1-15-9(7-8(12)10(15)13)11(17)14-3-2-5-18-6-4-16/h7,16H,2-6H2,1H3,(H,14,17). The van der Waals surface area contributed by atoms with Crippen molar-refractivity contribution < 1.29 is 14.6 Å². The highest BCUT2D eigenvalue weighted by Gasteiger charge is 2.14. The molecule has 0 saturated carbocycles.